The molecule has 1 amide bonds. The van der Waals surface area contributed by atoms with E-state index in [1.165, 1.54) is 0 Å². The number of ether oxygens (including phenoxy) is 1. The number of amides is 1. The van der Waals surface area contributed by atoms with Gasteiger partial charge in [-0.1, -0.05) is 13.8 Å². The highest BCUT2D eigenvalue weighted by atomic mass is 16.5. The maximum absolute atomic E-state index is 12.6. The van der Waals surface area contributed by atoms with Gasteiger partial charge >= 0.3 is 0 Å². The highest BCUT2D eigenvalue weighted by molar-refractivity contribution is 5.94. The average Bonchev–Trinajstić information content (AvgIpc) is 2.49. The first kappa shape index (κ1) is 17.5. The van der Waals surface area contributed by atoms with E-state index in [1.54, 1.807) is 7.11 Å². The van der Waals surface area contributed by atoms with Crippen LogP contribution in [0.3, 0.4) is 0 Å². The zero-order chi connectivity index (χ0) is 15.8. The summed E-state index contributed by atoms with van der Waals surface area (Å²) in [5.74, 6) is 0.516. The Labute approximate surface area is 128 Å². The van der Waals surface area contributed by atoms with Crippen molar-refractivity contribution in [1.29, 1.82) is 0 Å². The standard InChI is InChI=1S/C17H28N2O2/c1-6-18(4)16-9-7-15(8-10-16)17(20)19(11-12-21-5)13-14(2)3/h7-10,14H,6,11-13H2,1-5H3. The minimum atomic E-state index is 0.0754. The van der Waals surface area contributed by atoms with E-state index in [1.807, 2.05) is 36.2 Å². The van der Waals surface area contributed by atoms with E-state index in [2.05, 4.69) is 25.7 Å². The van der Waals surface area contributed by atoms with E-state index in [-0.39, 0.29) is 5.91 Å². The summed E-state index contributed by atoms with van der Waals surface area (Å²) in [5, 5.41) is 0. The second-order valence-electron chi connectivity index (χ2n) is 5.70. The van der Waals surface area contributed by atoms with Crippen LogP contribution in [-0.4, -0.2) is 51.2 Å². The van der Waals surface area contributed by atoms with Gasteiger partial charge in [0, 0.05) is 45.0 Å². The number of hydrogen-bond acceptors (Lipinski definition) is 3. The summed E-state index contributed by atoms with van der Waals surface area (Å²) < 4.78 is 5.10. The number of rotatable bonds is 8. The van der Waals surface area contributed by atoms with E-state index in [4.69, 9.17) is 4.74 Å². The van der Waals surface area contributed by atoms with Gasteiger partial charge in [-0.05, 0) is 37.1 Å². The smallest absolute Gasteiger partial charge is 0.253 e. The minimum absolute atomic E-state index is 0.0754. The maximum Gasteiger partial charge on any atom is 0.253 e. The molecule has 0 saturated heterocycles. The van der Waals surface area contributed by atoms with E-state index in [9.17, 15) is 4.79 Å². The molecular formula is C17H28N2O2. The molecule has 0 N–H and O–H groups in total. The van der Waals surface area contributed by atoms with Crippen molar-refractivity contribution in [3.8, 4) is 0 Å². The lowest BCUT2D eigenvalue weighted by Crippen LogP contribution is -2.36. The summed E-state index contributed by atoms with van der Waals surface area (Å²) in [6, 6.07) is 7.81. The van der Waals surface area contributed by atoms with Gasteiger partial charge in [0.25, 0.3) is 5.91 Å². The lowest BCUT2D eigenvalue weighted by atomic mass is 10.1. The van der Waals surface area contributed by atoms with Crippen molar-refractivity contribution in [3.05, 3.63) is 29.8 Å². The van der Waals surface area contributed by atoms with Crippen LogP contribution >= 0.6 is 0 Å². The third kappa shape index (κ3) is 5.38. The number of carbonyl (C=O) groups is 1. The van der Waals surface area contributed by atoms with Gasteiger partial charge in [0.1, 0.15) is 0 Å². The van der Waals surface area contributed by atoms with Crippen molar-refractivity contribution in [2.45, 2.75) is 20.8 Å². The second-order valence-corrected chi connectivity index (χ2v) is 5.70. The van der Waals surface area contributed by atoms with Crippen LogP contribution in [0.2, 0.25) is 0 Å². The fourth-order valence-corrected chi connectivity index (χ4v) is 2.14. The molecule has 0 heterocycles. The van der Waals surface area contributed by atoms with Gasteiger partial charge in [0.15, 0.2) is 0 Å². The third-order valence-corrected chi connectivity index (χ3v) is 3.47. The first-order valence-corrected chi connectivity index (χ1v) is 7.59. The molecule has 0 aromatic heterocycles. The Morgan fingerprint density at radius 1 is 1.24 bits per heavy atom. The van der Waals surface area contributed by atoms with Gasteiger partial charge in [0.2, 0.25) is 0 Å². The zero-order valence-corrected chi connectivity index (χ0v) is 13.9. The zero-order valence-electron chi connectivity index (χ0n) is 13.9. The van der Waals surface area contributed by atoms with Crippen LogP contribution in [0.1, 0.15) is 31.1 Å². The monoisotopic (exact) mass is 292 g/mol. The topological polar surface area (TPSA) is 32.8 Å². The normalized spacial score (nSPS) is 10.8. The van der Waals surface area contributed by atoms with Crippen molar-refractivity contribution >= 4 is 11.6 Å². The van der Waals surface area contributed by atoms with Crippen LogP contribution < -0.4 is 4.90 Å². The molecule has 0 fully saturated rings. The molecule has 0 aliphatic rings. The number of benzene rings is 1. The van der Waals surface area contributed by atoms with Crippen LogP contribution in [0.25, 0.3) is 0 Å². The van der Waals surface area contributed by atoms with Gasteiger partial charge in [0.05, 0.1) is 6.61 Å². The molecule has 0 radical (unpaired) electrons. The minimum Gasteiger partial charge on any atom is -0.383 e. The Bertz CT molecular complexity index is 429. The van der Waals surface area contributed by atoms with E-state index < -0.39 is 0 Å². The molecule has 0 atom stereocenters. The molecule has 1 rings (SSSR count). The number of carbonyl (C=O) groups excluding carboxylic acids is 1. The van der Waals surface area contributed by atoms with E-state index in [0.717, 1.165) is 24.3 Å². The molecule has 21 heavy (non-hydrogen) atoms. The van der Waals surface area contributed by atoms with Crippen LogP contribution in [0.5, 0.6) is 0 Å². The first-order chi connectivity index (χ1) is 9.99. The molecule has 0 aliphatic carbocycles. The summed E-state index contributed by atoms with van der Waals surface area (Å²) in [7, 11) is 3.70. The van der Waals surface area contributed by atoms with Crippen molar-refractivity contribution in [3.63, 3.8) is 0 Å². The average molecular weight is 292 g/mol. The molecule has 0 bridgehead atoms. The van der Waals surface area contributed by atoms with Crippen LogP contribution in [-0.2, 0) is 4.74 Å². The molecule has 1 aromatic carbocycles. The molecule has 4 heteroatoms. The molecule has 118 valence electrons. The fourth-order valence-electron chi connectivity index (χ4n) is 2.14. The van der Waals surface area contributed by atoms with Gasteiger partial charge in [-0.2, -0.15) is 0 Å². The summed E-state index contributed by atoms with van der Waals surface area (Å²) in [6.45, 7) is 9.23. The Morgan fingerprint density at radius 3 is 2.33 bits per heavy atom. The predicted octanol–water partition coefficient (Wildman–Crippen LogP) is 2.89. The fraction of sp³-hybridized carbons (Fsp3) is 0.588. The lowest BCUT2D eigenvalue weighted by Gasteiger charge is -2.25. The molecule has 0 spiro atoms. The molecule has 0 saturated carbocycles. The molecule has 0 aliphatic heterocycles. The highest BCUT2D eigenvalue weighted by Gasteiger charge is 2.16. The Balaban J connectivity index is 2.82. The summed E-state index contributed by atoms with van der Waals surface area (Å²) in [5.41, 5.74) is 1.86. The lowest BCUT2D eigenvalue weighted by molar-refractivity contribution is 0.0672. The van der Waals surface area contributed by atoms with Gasteiger partial charge in [-0.3, -0.25) is 4.79 Å². The maximum atomic E-state index is 12.6. The molecular weight excluding hydrogens is 264 g/mol. The Hall–Kier alpha value is -1.55. The molecule has 4 nitrogen and oxygen atoms in total. The summed E-state index contributed by atoms with van der Waals surface area (Å²) in [4.78, 5) is 16.6. The quantitative estimate of drug-likeness (QED) is 0.738. The van der Waals surface area contributed by atoms with Crippen molar-refractivity contribution in [2.75, 3.05) is 45.3 Å². The van der Waals surface area contributed by atoms with Crippen LogP contribution in [0.15, 0.2) is 24.3 Å². The van der Waals surface area contributed by atoms with E-state index in [0.29, 0.717) is 19.1 Å². The number of nitrogens with zero attached hydrogens (tertiary/aromatic N) is 2. The Morgan fingerprint density at radius 2 is 1.86 bits per heavy atom. The SMILES string of the molecule is CCN(C)c1ccc(C(=O)N(CCOC)CC(C)C)cc1. The number of anilines is 1. The first-order valence-electron chi connectivity index (χ1n) is 7.59. The predicted molar refractivity (Wildman–Crippen MR) is 88.0 cm³/mol. The van der Waals surface area contributed by atoms with Crippen LogP contribution in [0.4, 0.5) is 5.69 Å². The van der Waals surface area contributed by atoms with Gasteiger partial charge < -0.3 is 14.5 Å². The van der Waals surface area contributed by atoms with Gasteiger partial charge in [-0.15, -0.1) is 0 Å². The largest absolute Gasteiger partial charge is 0.383 e. The van der Waals surface area contributed by atoms with Gasteiger partial charge in [-0.25, -0.2) is 0 Å². The number of hydrogen-bond donors (Lipinski definition) is 0. The van der Waals surface area contributed by atoms with Crippen LogP contribution in [0, 0.1) is 5.92 Å². The van der Waals surface area contributed by atoms with Crippen molar-refractivity contribution in [1.82, 2.24) is 4.90 Å². The molecule has 1 aromatic rings. The van der Waals surface area contributed by atoms with E-state index >= 15 is 0 Å². The molecule has 0 unspecified atom stereocenters. The number of methoxy groups -OCH3 is 1. The second kappa shape index (κ2) is 8.67. The summed E-state index contributed by atoms with van der Waals surface area (Å²) >= 11 is 0. The third-order valence-electron chi connectivity index (χ3n) is 3.47. The highest BCUT2D eigenvalue weighted by Crippen LogP contribution is 2.15. The Kier molecular flexibility index (Phi) is 7.23. The van der Waals surface area contributed by atoms with Crippen molar-refractivity contribution in [2.24, 2.45) is 5.92 Å². The summed E-state index contributed by atoms with van der Waals surface area (Å²) in [6.07, 6.45) is 0. The van der Waals surface area contributed by atoms with Crippen molar-refractivity contribution < 1.29 is 9.53 Å².